The number of hydrogen-bond donors (Lipinski definition) is 0. The number of aryl methyl sites for hydroxylation is 2. The molecule has 28 heavy (non-hydrogen) atoms. The molecule has 1 aromatic heterocycles. The molecule has 1 aliphatic rings. The minimum atomic E-state index is -1.43. The van der Waals surface area contributed by atoms with E-state index >= 15 is 4.39 Å². The van der Waals surface area contributed by atoms with Crippen LogP contribution in [0.4, 0.5) is 8.78 Å². The number of rotatable bonds is 6. The first-order valence-corrected chi connectivity index (χ1v) is 9.84. The predicted octanol–water partition coefficient (Wildman–Crippen LogP) is 5.40. The number of pyridine rings is 1. The van der Waals surface area contributed by atoms with E-state index in [1.54, 1.807) is 17.0 Å². The number of carbonyl (C=O) groups excluding carboxylic acids is 1. The lowest BCUT2D eigenvalue weighted by Gasteiger charge is -2.36. The molecule has 0 atom stereocenters. The van der Waals surface area contributed by atoms with Crippen LogP contribution in [0.5, 0.6) is 0 Å². The predicted molar refractivity (Wildman–Crippen MR) is 107 cm³/mol. The van der Waals surface area contributed by atoms with Crippen LogP contribution >= 0.6 is 11.6 Å². The summed E-state index contributed by atoms with van der Waals surface area (Å²) in [5, 5.41) is -0.102. The second-order valence-electron chi connectivity index (χ2n) is 7.21. The Labute approximate surface area is 172 Å². The molecule has 3 nitrogen and oxygen atoms in total. The summed E-state index contributed by atoms with van der Waals surface area (Å²) in [5.41, 5.74) is 0.316. The molecule has 2 heterocycles. The summed E-state index contributed by atoms with van der Waals surface area (Å²) in [4.78, 5) is 18.4. The highest BCUT2D eigenvalue weighted by Gasteiger charge is 2.35. The van der Waals surface area contributed by atoms with E-state index in [9.17, 15) is 9.18 Å². The molecule has 0 spiro atoms. The summed E-state index contributed by atoms with van der Waals surface area (Å²) in [5.74, 6) is -0.841. The zero-order valence-electron chi connectivity index (χ0n) is 17.9. The average molecular weight is 409 g/mol. The number of alkyl halides is 1. The van der Waals surface area contributed by atoms with Crippen LogP contribution in [0.1, 0.15) is 57.0 Å². The van der Waals surface area contributed by atoms with Crippen molar-refractivity contribution in [2.24, 2.45) is 0 Å². The van der Waals surface area contributed by atoms with Gasteiger partial charge in [0.2, 0.25) is 0 Å². The molecule has 1 saturated heterocycles. The molecule has 1 aliphatic heterocycles. The van der Waals surface area contributed by atoms with Crippen LogP contribution in [0.2, 0.25) is 5.02 Å². The monoisotopic (exact) mass is 408 g/mol. The number of benzene rings is 1. The third-order valence-electron chi connectivity index (χ3n) is 5.28. The maximum atomic E-state index is 15.2. The Morgan fingerprint density at radius 1 is 1.32 bits per heavy atom. The van der Waals surface area contributed by atoms with Crippen LogP contribution in [-0.2, 0) is 12.8 Å². The number of carbonyl (C=O) groups is 1. The van der Waals surface area contributed by atoms with Gasteiger partial charge in [0.05, 0.1) is 5.02 Å². The lowest BCUT2D eigenvalue weighted by atomic mass is 9.87. The van der Waals surface area contributed by atoms with Crippen molar-refractivity contribution in [2.45, 2.75) is 51.1 Å². The van der Waals surface area contributed by atoms with Crippen LogP contribution < -0.4 is 0 Å². The van der Waals surface area contributed by atoms with Crippen molar-refractivity contribution in [3.8, 4) is 0 Å². The van der Waals surface area contributed by atoms with Gasteiger partial charge in [0.25, 0.3) is 5.91 Å². The molecular formula is C22H25ClF2N2O. The molecule has 0 aliphatic carbocycles. The SMILES string of the molecule is [2H]C([2H])(C)c1ccc(CCCC2(F)CCN(C(=O)c3ccc(F)c(Cl)c3)CC2)nc1. The van der Waals surface area contributed by atoms with E-state index in [1.807, 2.05) is 0 Å². The van der Waals surface area contributed by atoms with E-state index in [0.717, 1.165) is 11.8 Å². The van der Waals surface area contributed by atoms with Gasteiger partial charge in [-0.3, -0.25) is 9.78 Å². The van der Waals surface area contributed by atoms with Gasteiger partial charge in [-0.25, -0.2) is 8.78 Å². The first-order chi connectivity index (χ1) is 14.1. The number of hydrogen-bond acceptors (Lipinski definition) is 2. The normalized spacial score (nSPS) is 17.8. The zero-order valence-corrected chi connectivity index (χ0v) is 16.6. The number of amides is 1. The van der Waals surface area contributed by atoms with E-state index in [1.165, 1.54) is 25.3 Å². The summed E-state index contributed by atoms with van der Waals surface area (Å²) in [6, 6.07) is 7.37. The third kappa shape index (κ3) is 5.07. The van der Waals surface area contributed by atoms with Gasteiger partial charge in [-0.05, 0) is 68.3 Å². The molecule has 1 aromatic carbocycles. The van der Waals surface area contributed by atoms with Crippen molar-refractivity contribution in [1.29, 1.82) is 0 Å². The fraction of sp³-hybridized carbons (Fsp3) is 0.455. The van der Waals surface area contributed by atoms with Gasteiger partial charge in [-0.1, -0.05) is 24.6 Å². The van der Waals surface area contributed by atoms with Gasteiger partial charge in [-0.15, -0.1) is 0 Å². The molecule has 150 valence electrons. The van der Waals surface area contributed by atoms with E-state index in [-0.39, 0.29) is 23.8 Å². The van der Waals surface area contributed by atoms with Crippen molar-refractivity contribution in [2.75, 3.05) is 13.1 Å². The van der Waals surface area contributed by atoms with Gasteiger partial charge in [0.15, 0.2) is 0 Å². The van der Waals surface area contributed by atoms with Gasteiger partial charge >= 0.3 is 0 Å². The molecule has 0 unspecified atom stereocenters. The summed E-state index contributed by atoms with van der Waals surface area (Å²) in [6.07, 6.45) is 2.26. The van der Waals surface area contributed by atoms with Crippen LogP contribution in [-0.4, -0.2) is 34.5 Å². The van der Waals surface area contributed by atoms with Crippen LogP contribution in [0.15, 0.2) is 36.5 Å². The largest absolute Gasteiger partial charge is 0.338 e. The standard InChI is InChI=1S/C22H25ClF2N2O/c1-2-16-5-7-18(26-15-16)4-3-9-22(25)10-12-27(13-11-22)21(28)17-6-8-20(24)19(23)14-17/h5-8,14-15H,2-4,9-13H2,1H3/i2D2. The summed E-state index contributed by atoms with van der Waals surface area (Å²) < 4.78 is 43.8. The van der Waals surface area contributed by atoms with E-state index in [2.05, 4.69) is 4.98 Å². The van der Waals surface area contributed by atoms with Gasteiger partial charge in [-0.2, -0.15) is 0 Å². The number of aromatic nitrogens is 1. The minimum absolute atomic E-state index is 0.102. The first-order valence-electron chi connectivity index (χ1n) is 10.5. The molecule has 1 amide bonds. The summed E-state index contributed by atoms with van der Waals surface area (Å²) >= 11 is 5.75. The second-order valence-corrected chi connectivity index (χ2v) is 7.62. The lowest BCUT2D eigenvalue weighted by Crippen LogP contribution is -2.44. The van der Waals surface area contributed by atoms with E-state index in [0.29, 0.717) is 43.5 Å². The Bertz CT molecular complexity index is 895. The quantitative estimate of drug-likeness (QED) is 0.640. The van der Waals surface area contributed by atoms with Crippen molar-refractivity contribution in [3.63, 3.8) is 0 Å². The molecule has 6 heteroatoms. The van der Waals surface area contributed by atoms with E-state index < -0.39 is 17.9 Å². The number of piperidine rings is 1. The Kier molecular flexibility index (Phi) is 5.80. The third-order valence-corrected chi connectivity index (χ3v) is 5.57. The fourth-order valence-electron chi connectivity index (χ4n) is 3.48. The Balaban J connectivity index is 1.48. The molecule has 1 fully saturated rings. The van der Waals surface area contributed by atoms with Gasteiger partial charge < -0.3 is 4.90 Å². The molecule has 0 N–H and O–H groups in total. The highest BCUT2D eigenvalue weighted by molar-refractivity contribution is 6.31. The average Bonchev–Trinajstić information content (AvgIpc) is 2.70. The molecular weight excluding hydrogens is 382 g/mol. The van der Waals surface area contributed by atoms with Crippen molar-refractivity contribution in [1.82, 2.24) is 9.88 Å². The molecule has 0 saturated carbocycles. The zero-order chi connectivity index (χ0) is 21.9. The maximum Gasteiger partial charge on any atom is 0.253 e. The van der Waals surface area contributed by atoms with E-state index in [4.69, 9.17) is 14.3 Å². The van der Waals surface area contributed by atoms with Crippen LogP contribution in [0, 0.1) is 5.82 Å². The van der Waals surface area contributed by atoms with Crippen LogP contribution in [0.3, 0.4) is 0 Å². The number of nitrogens with zero attached hydrogens (tertiary/aromatic N) is 2. The maximum absolute atomic E-state index is 15.2. The number of likely N-dealkylation sites (tertiary alicyclic amines) is 1. The van der Waals surface area contributed by atoms with Gasteiger partial charge in [0.1, 0.15) is 11.5 Å². The first kappa shape index (κ1) is 18.0. The Hall–Kier alpha value is -2.01. The van der Waals surface area contributed by atoms with Crippen molar-refractivity contribution >= 4 is 17.5 Å². The summed E-state index contributed by atoms with van der Waals surface area (Å²) in [7, 11) is 0. The lowest BCUT2D eigenvalue weighted by molar-refractivity contribution is 0.0389. The smallest absolute Gasteiger partial charge is 0.253 e. The summed E-state index contributed by atoms with van der Waals surface area (Å²) in [6.45, 7) is 2.10. The highest BCUT2D eigenvalue weighted by atomic mass is 35.5. The highest BCUT2D eigenvalue weighted by Crippen LogP contribution is 2.32. The topological polar surface area (TPSA) is 33.2 Å². The molecule has 0 radical (unpaired) electrons. The van der Waals surface area contributed by atoms with Crippen LogP contribution in [0.25, 0.3) is 0 Å². The van der Waals surface area contributed by atoms with Crippen molar-refractivity contribution < 1.29 is 16.3 Å². The Morgan fingerprint density at radius 3 is 2.68 bits per heavy atom. The second kappa shape index (κ2) is 8.99. The molecule has 2 aromatic rings. The number of halogens is 3. The van der Waals surface area contributed by atoms with Crippen molar-refractivity contribution in [3.05, 3.63) is 64.2 Å². The van der Waals surface area contributed by atoms with Gasteiger partial charge in [0, 0.05) is 33.3 Å². The Morgan fingerprint density at radius 2 is 2.07 bits per heavy atom. The molecule has 3 rings (SSSR count). The molecule has 0 bridgehead atoms. The fourth-order valence-corrected chi connectivity index (χ4v) is 3.66. The minimum Gasteiger partial charge on any atom is -0.338 e.